The van der Waals surface area contributed by atoms with Gasteiger partial charge in [-0.25, -0.2) is 9.59 Å². The standard InChI is InChI=1S/C15H20N4O4/c1-5-18-11(12(20)17(4)15(18)23)9-7-8-10-13(21)19(6-2)14(22)16(10)3/h7-9,21H,5-6H2,1-4H3/b8-7?,11-9+. The van der Waals surface area contributed by atoms with Crippen LogP contribution in [0, 0.1) is 0 Å². The Hall–Kier alpha value is -2.77. The molecule has 8 nitrogen and oxygen atoms in total. The Kier molecular flexibility index (Phi) is 4.44. The first kappa shape index (κ1) is 16.6. The van der Waals surface area contributed by atoms with Crippen molar-refractivity contribution < 1.29 is 14.7 Å². The number of likely N-dealkylation sites (N-methyl/N-ethyl adjacent to an activating group) is 2. The highest BCUT2D eigenvalue weighted by Crippen LogP contribution is 2.20. The van der Waals surface area contributed by atoms with Gasteiger partial charge in [0.05, 0.1) is 0 Å². The number of nitrogens with zero attached hydrogens (tertiary/aromatic N) is 4. The molecule has 0 bridgehead atoms. The molecule has 1 saturated heterocycles. The summed E-state index contributed by atoms with van der Waals surface area (Å²) in [6.07, 6.45) is 4.57. The number of allylic oxidation sites excluding steroid dienone is 2. The first-order chi connectivity index (χ1) is 10.8. The van der Waals surface area contributed by atoms with Gasteiger partial charge in [-0.2, -0.15) is 0 Å². The third-order valence-corrected chi connectivity index (χ3v) is 3.84. The van der Waals surface area contributed by atoms with Gasteiger partial charge >= 0.3 is 11.7 Å². The minimum atomic E-state index is -0.384. The molecule has 0 spiro atoms. The van der Waals surface area contributed by atoms with Crippen LogP contribution in [0.3, 0.4) is 0 Å². The van der Waals surface area contributed by atoms with Crippen LogP contribution in [0.25, 0.3) is 6.08 Å². The second-order valence-corrected chi connectivity index (χ2v) is 5.10. The van der Waals surface area contributed by atoms with Crippen LogP contribution in [-0.2, 0) is 18.4 Å². The second kappa shape index (κ2) is 6.15. The van der Waals surface area contributed by atoms with Gasteiger partial charge in [-0.1, -0.05) is 6.08 Å². The van der Waals surface area contributed by atoms with Gasteiger partial charge in [-0.05, 0) is 26.0 Å². The topological polar surface area (TPSA) is 87.8 Å². The third-order valence-electron chi connectivity index (χ3n) is 3.84. The number of amides is 3. The number of carbonyl (C=O) groups is 2. The van der Waals surface area contributed by atoms with Crippen LogP contribution in [0.4, 0.5) is 4.79 Å². The molecule has 124 valence electrons. The van der Waals surface area contributed by atoms with Crippen LogP contribution in [0.15, 0.2) is 22.6 Å². The molecule has 1 fully saturated rings. The number of carbonyl (C=O) groups excluding carboxylic acids is 2. The van der Waals surface area contributed by atoms with Gasteiger partial charge in [-0.3, -0.25) is 23.7 Å². The molecule has 0 radical (unpaired) electrons. The van der Waals surface area contributed by atoms with E-state index in [1.54, 1.807) is 20.9 Å². The highest BCUT2D eigenvalue weighted by molar-refractivity contribution is 6.11. The Bertz CT molecular complexity index is 769. The molecule has 0 aromatic carbocycles. The largest absolute Gasteiger partial charge is 0.493 e. The number of aromatic nitrogens is 2. The van der Waals surface area contributed by atoms with Gasteiger partial charge in [0.1, 0.15) is 11.4 Å². The van der Waals surface area contributed by atoms with Crippen LogP contribution in [0.2, 0.25) is 0 Å². The van der Waals surface area contributed by atoms with Gasteiger partial charge in [0, 0.05) is 27.2 Å². The Morgan fingerprint density at radius 3 is 2.26 bits per heavy atom. The fourth-order valence-corrected chi connectivity index (χ4v) is 2.49. The molecule has 8 heteroatoms. The molecule has 0 unspecified atom stereocenters. The first-order valence-electron chi connectivity index (χ1n) is 7.31. The van der Waals surface area contributed by atoms with Crippen LogP contribution >= 0.6 is 0 Å². The summed E-state index contributed by atoms with van der Waals surface area (Å²) < 4.78 is 2.56. The van der Waals surface area contributed by atoms with Crippen molar-refractivity contribution in [1.29, 1.82) is 0 Å². The summed E-state index contributed by atoms with van der Waals surface area (Å²) in [7, 11) is 2.98. The zero-order valence-electron chi connectivity index (χ0n) is 13.6. The van der Waals surface area contributed by atoms with Gasteiger partial charge in [-0.15, -0.1) is 0 Å². The Labute approximate surface area is 133 Å². The van der Waals surface area contributed by atoms with Crippen LogP contribution < -0.4 is 5.69 Å². The van der Waals surface area contributed by atoms with Crippen molar-refractivity contribution in [2.45, 2.75) is 20.4 Å². The maximum Gasteiger partial charge on any atom is 0.331 e. The van der Waals surface area contributed by atoms with Crippen molar-refractivity contribution in [3.05, 3.63) is 34.0 Å². The summed E-state index contributed by atoms with van der Waals surface area (Å²) in [6, 6.07) is -0.371. The summed E-state index contributed by atoms with van der Waals surface area (Å²) in [6.45, 7) is 4.27. The molecular weight excluding hydrogens is 300 g/mol. The maximum absolute atomic E-state index is 12.0. The van der Waals surface area contributed by atoms with E-state index >= 15 is 0 Å². The van der Waals surface area contributed by atoms with Crippen molar-refractivity contribution in [2.75, 3.05) is 13.6 Å². The lowest BCUT2D eigenvalue weighted by molar-refractivity contribution is -0.122. The van der Waals surface area contributed by atoms with E-state index in [4.69, 9.17) is 0 Å². The number of urea groups is 1. The molecule has 1 aromatic heterocycles. The van der Waals surface area contributed by atoms with E-state index in [0.717, 1.165) is 4.90 Å². The lowest BCUT2D eigenvalue weighted by Crippen LogP contribution is -2.29. The lowest BCUT2D eigenvalue weighted by atomic mass is 10.3. The number of rotatable bonds is 4. The smallest absolute Gasteiger partial charge is 0.331 e. The van der Waals surface area contributed by atoms with Crippen molar-refractivity contribution in [2.24, 2.45) is 7.05 Å². The van der Waals surface area contributed by atoms with E-state index in [1.807, 2.05) is 0 Å². The van der Waals surface area contributed by atoms with E-state index in [0.29, 0.717) is 18.8 Å². The van der Waals surface area contributed by atoms with Crippen molar-refractivity contribution >= 4 is 18.0 Å². The van der Waals surface area contributed by atoms with E-state index in [1.165, 1.54) is 39.3 Å². The molecule has 2 rings (SSSR count). The van der Waals surface area contributed by atoms with Crippen molar-refractivity contribution in [3.63, 3.8) is 0 Å². The summed E-state index contributed by atoms with van der Waals surface area (Å²) in [5, 5.41) is 10.0. The van der Waals surface area contributed by atoms with Crippen LogP contribution in [0.1, 0.15) is 19.5 Å². The van der Waals surface area contributed by atoms with Crippen molar-refractivity contribution in [1.82, 2.24) is 18.9 Å². The first-order valence-corrected chi connectivity index (χ1v) is 7.31. The van der Waals surface area contributed by atoms with Gasteiger partial charge < -0.3 is 5.11 Å². The molecule has 0 atom stereocenters. The maximum atomic E-state index is 12.0. The fourth-order valence-electron chi connectivity index (χ4n) is 2.49. The molecule has 23 heavy (non-hydrogen) atoms. The van der Waals surface area contributed by atoms with E-state index < -0.39 is 0 Å². The van der Waals surface area contributed by atoms with Crippen molar-refractivity contribution in [3.8, 4) is 5.88 Å². The molecule has 3 amide bonds. The number of hydrogen-bond donors (Lipinski definition) is 1. The third kappa shape index (κ3) is 2.56. The SMILES string of the molecule is CCN1C(=O)N(C)C(=O)/C1=C\C=Cc1c(O)n(CC)c(=O)n1C. The predicted molar refractivity (Wildman–Crippen MR) is 84.7 cm³/mol. The van der Waals surface area contributed by atoms with Gasteiger partial charge in [0.15, 0.2) is 0 Å². The van der Waals surface area contributed by atoms with Gasteiger partial charge in [0.25, 0.3) is 5.91 Å². The quantitative estimate of drug-likeness (QED) is 0.654. The minimum Gasteiger partial charge on any atom is -0.493 e. The average Bonchev–Trinajstić information content (AvgIpc) is 2.86. The predicted octanol–water partition coefficient (Wildman–Crippen LogP) is 0.723. The molecule has 1 N–H and O–H groups in total. The van der Waals surface area contributed by atoms with E-state index in [-0.39, 0.29) is 29.2 Å². The summed E-state index contributed by atoms with van der Waals surface area (Å²) in [4.78, 5) is 38.2. The Morgan fingerprint density at radius 2 is 1.74 bits per heavy atom. The minimum absolute atomic E-state index is 0.132. The average molecular weight is 320 g/mol. The number of hydrogen-bond acceptors (Lipinski definition) is 4. The zero-order valence-corrected chi connectivity index (χ0v) is 13.6. The summed E-state index contributed by atoms with van der Waals surface area (Å²) in [5.41, 5.74) is 0.275. The summed E-state index contributed by atoms with van der Waals surface area (Å²) >= 11 is 0. The van der Waals surface area contributed by atoms with E-state index in [9.17, 15) is 19.5 Å². The number of aromatic hydroxyl groups is 1. The number of imide groups is 1. The second-order valence-electron chi connectivity index (χ2n) is 5.10. The normalized spacial score (nSPS) is 17.3. The lowest BCUT2D eigenvalue weighted by Gasteiger charge is -2.11. The highest BCUT2D eigenvalue weighted by atomic mass is 16.3. The Morgan fingerprint density at radius 1 is 1.09 bits per heavy atom. The van der Waals surface area contributed by atoms with Crippen LogP contribution in [0.5, 0.6) is 5.88 Å². The molecule has 1 aromatic rings. The summed E-state index contributed by atoms with van der Waals surface area (Å²) in [5.74, 6) is -0.515. The molecule has 1 aliphatic rings. The van der Waals surface area contributed by atoms with Gasteiger partial charge in [0.2, 0.25) is 5.88 Å². The monoisotopic (exact) mass is 320 g/mol. The Balaban J connectivity index is 2.37. The fraction of sp³-hybridized carbons (Fsp3) is 0.400. The van der Waals surface area contributed by atoms with E-state index in [2.05, 4.69) is 0 Å². The molecule has 2 heterocycles. The highest BCUT2D eigenvalue weighted by Gasteiger charge is 2.36. The molecule has 0 saturated carbocycles. The number of imidazole rings is 1. The molecular formula is C15H20N4O4. The molecule has 1 aliphatic heterocycles. The molecule has 0 aliphatic carbocycles. The zero-order chi connectivity index (χ0) is 17.3. The van der Waals surface area contributed by atoms with Crippen LogP contribution in [-0.4, -0.2) is 49.6 Å².